The Labute approximate surface area is 121 Å². The first-order valence-electron chi connectivity index (χ1n) is 6.51. The molecule has 5 nitrogen and oxygen atoms in total. The van der Waals surface area contributed by atoms with Crippen LogP contribution in [0.25, 0.3) is 0 Å². The molecule has 2 saturated heterocycles. The summed E-state index contributed by atoms with van der Waals surface area (Å²) in [5.74, 6) is 0.387. The van der Waals surface area contributed by atoms with Gasteiger partial charge in [-0.25, -0.2) is 8.42 Å². The van der Waals surface area contributed by atoms with Crippen LogP contribution in [0.4, 0.5) is 0 Å². The lowest BCUT2D eigenvalue weighted by molar-refractivity contribution is 0.254. The van der Waals surface area contributed by atoms with Crippen molar-refractivity contribution in [1.29, 1.82) is 0 Å². The second-order valence-corrected chi connectivity index (χ2v) is 8.52. The summed E-state index contributed by atoms with van der Waals surface area (Å²) < 4.78 is 32.5. The maximum absolute atomic E-state index is 12.9. The Bertz CT molecular complexity index is 565. The van der Waals surface area contributed by atoms with Gasteiger partial charge in [0.05, 0.1) is 0 Å². The molecule has 2 aliphatic heterocycles. The molecule has 2 atom stereocenters. The van der Waals surface area contributed by atoms with Crippen LogP contribution in [0.15, 0.2) is 9.42 Å². The van der Waals surface area contributed by atoms with Gasteiger partial charge in [-0.3, -0.25) is 0 Å². The molecule has 7 heteroatoms. The number of hydrogen-bond acceptors (Lipinski definition) is 4. The molecule has 0 amide bonds. The third-order valence-corrected chi connectivity index (χ3v) is 7.11. The number of halogens is 1. The van der Waals surface area contributed by atoms with Crippen molar-refractivity contribution in [3.63, 3.8) is 0 Å². The molecule has 2 bridgehead atoms. The maximum atomic E-state index is 12.9. The van der Waals surface area contributed by atoms with Crippen LogP contribution in [0.3, 0.4) is 0 Å². The van der Waals surface area contributed by atoms with E-state index >= 15 is 0 Å². The van der Waals surface area contributed by atoms with E-state index in [-0.39, 0.29) is 17.0 Å². The molecule has 2 unspecified atom stereocenters. The summed E-state index contributed by atoms with van der Waals surface area (Å²) in [5, 5.41) is 3.77. The first-order chi connectivity index (χ1) is 8.91. The summed E-state index contributed by atoms with van der Waals surface area (Å²) in [6.45, 7) is 3.34. The largest absolute Gasteiger partial charge is 0.360 e. The van der Waals surface area contributed by atoms with Crippen LogP contribution >= 0.6 is 15.9 Å². The molecule has 0 aliphatic carbocycles. The molecule has 1 aromatic rings. The van der Waals surface area contributed by atoms with Gasteiger partial charge in [0.2, 0.25) is 10.0 Å². The Kier molecular flexibility index (Phi) is 3.26. The van der Waals surface area contributed by atoms with E-state index in [1.54, 1.807) is 18.2 Å². The molecule has 0 spiro atoms. The molecule has 0 saturated carbocycles. The lowest BCUT2D eigenvalue weighted by Gasteiger charge is -2.35. The lowest BCUT2D eigenvalue weighted by Crippen LogP contribution is -2.46. The molecule has 0 radical (unpaired) electrons. The molecule has 19 heavy (non-hydrogen) atoms. The van der Waals surface area contributed by atoms with Crippen LogP contribution in [0.1, 0.15) is 37.1 Å². The fourth-order valence-electron chi connectivity index (χ4n) is 3.41. The first kappa shape index (κ1) is 13.6. The topological polar surface area (TPSA) is 63.4 Å². The highest BCUT2D eigenvalue weighted by Crippen LogP contribution is 2.42. The van der Waals surface area contributed by atoms with Gasteiger partial charge in [0.1, 0.15) is 10.6 Å². The van der Waals surface area contributed by atoms with Crippen LogP contribution in [-0.2, 0) is 10.0 Å². The molecule has 2 aliphatic rings. The predicted octanol–water partition coefficient (Wildman–Crippen LogP) is 2.37. The van der Waals surface area contributed by atoms with Crippen molar-refractivity contribution in [2.24, 2.45) is 0 Å². The third-order valence-electron chi connectivity index (χ3n) is 4.11. The van der Waals surface area contributed by atoms with E-state index in [1.807, 2.05) is 0 Å². The van der Waals surface area contributed by atoms with Gasteiger partial charge < -0.3 is 4.52 Å². The highest BCUT2D eigenvalue weighted by atomic mass is 79.9. The Hall–Kier alpha value is -0.400. The molecule has 2 fully saturated rings. The smallest absolute Gasteiger partial charge is 0.248 e. The normalized spacial score (nSPS) is 31.8. The van der Waals surface area contributed by atoms with Crippen molar-refractivity contribution in [2.45, 2.75) is 61.3 Å². The number of fused-ring (bicyclic) bond motifs is 2. The number of alkyl halides is 1. The van der Waals surface area contributed by atoms with E-state index in [0.717, 1.165) is 25.7 Å². The summed E-state index contributed by atoms with van der Waals surface area (Å²) in [4.78, 5) is 0.693. The summed E-state index contributed by atoms with van der Waals surface area (Å²) in [6, 6.07) is 0.226. The molecule has 3 heterocycles. The summed E-state index contributed by atoms with van der Waals surface area (Å²) in [7, 11) is -3.48. The van der Waals surface area contributed by atoms with E-state index in [9.17, 15) is 8.42 Å². The number of rotatable bonds is 2. The lowest BCUT2D eigenvalue weighted by atomic mass is 10.1. The number of hydrogen-bond donors (Lipinski definition) is 0. The third kappa shape index (κ3) is 2.06. The monoisotopic (exact) mass is 348 g/mol. The van der Waals surface area contributed by atoms with E-state index in [4.69, 9.17) is 4.52 Å². The minimum absolute atomic E-state index is 0.113. The van der Waals surface area contributed by atoms with E-state index in [2.05, 4.69) is 21.1 Å². The molecular formula is C12H17BrN2O3S. The number of sulfonamides is 1. The van der Waals surface area contributed by atoms with Gasteiger partial charge in [-0.15, -0.1) is 0 Å². The molecule has 106 valence electrons. The Morgan fingerprint density at radius 3 is 2.32 bits per heavy atom. The number of piperidine rings is 1. The summed E-state index contributed by atoms with van der Waals surface area (Å²) in [5.41, 5.74) is 0.456. The van der Waals surface area contributed by atoms with E-state index in [0.29, 0.717) is 16.3 Å². The average molecular weight is 349 g/mol. The average Bonchev–Trinajstić information content (AvgIpc) is 2.79. The van der Waals surface area contributed by atoms with Crippen molar-refractivity contribution in [3.8, 4) is 0 Å². The summed E-state index contributed by atoms with van der Waals surface area (Å²) >= 11 is 3.63. The number of aromatic nitrogens is 1. The van der Waals surface area contributed by atoms with Crippen molar-refractivity contribution >= 4 is 26.0 Å². The van der Waals surface area contributed by atoms with Crippen molar-refractivity contribution in [1.82, 2.24) is 9.46 Å². The van der Waals surface area contributed by atoms with E-state index < -0.39 is 10.0 Å². The van der Waals surface area contributed by atoms with Gasteiger partial charge in [-0.2, -0.15) is 4.31 Å². The quantitative estimate of drug-likeness (QED) is 0.769. The highest BCUT2D eigenvalue weighted by Gasteiger charge is 2.48. The van der Waals surface area contributed by atoms with Crippen molar-refractivity contribution in [3.05, 3.63) is 11.5 Å². The Balaban J connectivity index is 2.03. The van der Waals surface area contributed by atoms with Gasteiger partial charge >= 0.3 is 0 Å². The standard InChI is InChI=1S/C12H17BrN2O3S/c1-7-12(8(2)18-14-7)19(16,17)15-10-3-4-11(15)6-9(13)5-10/h9-11H,3-6H2,1-2H3. The van der Waals surface area contributed by atoms with Gasteiger partial charge in [0.15, 0.2) is 5.76 Å². The van der Waals surface area contributed by atoms with Crippen LogP contribution in [-0.4, -0.2) is 34.8 Å². The van der Waals surface area contributed by atoms with Crippen LogP contribution < -0.4 is 0 Å². The fraction of sp³-hybridized carbons (Fsp3) is 0.750. The van der Waals surface area contributed by atoms with Gasteiger partial charge in [0.25, 0.3) is 0 Å². The summed E-state index contributed by atoms with van der Waals surface area (Å²) in [6.07, 6.45) is 3.68. The maximum Gasteiger partial charge on any atom is 0.248 e. The highest BCUT2D eigenvalue weighted by molar-refractivity contribution is 9.09. The second kappa shape index (κ2) is 4.56. The predicted molar refractivity (Wildman–Crippen MR) is 73.8 cm³/mol. The Morgan fingerprint density at radius 2 is 1.84 bits per heavy atom. The molecule has 0 N–H and O–H groups in total. The van der Waals surface area contributed by atoms with Gasteiger partial charge in [0, 0.05) is 16.9 Å². The first-order valence-corrected chi connectivity index (χ1v) is 8.87. The van der Waals surface area contributed by atoms with Gasteiger partial charge in [-0.05, 0) is 39.5 Å². The number of nitrogens with zero attached hydrogens (tertiary/aromatic N) is 2. The van der Waals surface area contributed by atoms with E-state index in [1.165, 1.54) is 0 Å². The van der Waals surface area contributed by atoms with Gasteiger partial charge in [-0.1, -0.05) is 21.1 Å². The molecular weight excluding hydrogens is 332 g/mol. The van der Waals surface area contributed by atoms with Crippen LogP contribution in [0.5, 0.6) is 0 Å². The minimum Gasteiger partial charge on any atom is -0.360 e. The minimum atomic E-state index is -3.48. The zero-order chi connectivity index (χ0) is 13.8. The molecule has 0 aromatic carbocycles. The van der Waals surface area contributed by atoms with Crippen molar-refractivity contribution in [2.75, 3.05) is 0 Å². The molecule has 1 aromatic heterocycles. The zero-order valence-corrected chi connectivity index (χ0v) is 13.4. The number of aryl methyl sites for hydroxylation is 2. The van der Waals surface area contributed by atoms with Crippen LogP contribution in [0.2, 0.25) is 0 Å². The fourth-order valence-corrected chi connectivity index (χ4v) is 6.46. The second-order valence-electron chi connectivity index (χ2n) is 5.44. The zero-order valence-electron chi connectivity index (χ0n) is 11.0. The Morgan fingerprint density at radius 1 is 1.26 bits per heavy atom. The SMILES string of the molecule is Cc1noc(C)c1S(=O)(=O)N1C2CCC1CC(Br)C2. The molecule has 3 rings (SSSR count). The van der Waals surface area contributed by atoms with Crippen molar-refractivity contribution < 1.29 is 12.9 Å². The van der Waals surface area contributed by atoms with Crippen LogP contribution in [0, 0.1) is 13.8 Å².